The highest BCUT2D eigenvalue weighted by molar-refractivity contribution is 4.77. The van der Waals surface area contributed by atoms with Crippen molar-refractivity contribution in [3.05, 3.63) is 0 Å². The molecule has 0 spiro atoms. The van der Waals surface area contributed by atoms with Crippen molar-refractivity contribution in [2.75, 3.05) is 13.2 Å². The SMILES string of the molecule is CC(C)CC(C)(N=NC(C)(C)C)OCCCCOC(C)(CC(C)C)N=NC(C)(C)C. The first-order chi connectivity index (χ1) is 13.5. The number of rotatable bonds is 13. The van der Waals surface area contributed by atoms with Gasteiger partial charge in [0, 0.05) is 26.1 Å². The zero-order chi connectivity index (χ0) is 23.6. The third-order valence-corrected chi connectivity index (χ3v) is 4.06. The summed E-state index contributed by atoms with van der Waals surface area (Å²) >= 11 is 0. The van der Waals surface area contributed by atoms with E-state index in [1.807, 2.05) is 13.8 Å². The van der Waals surface area contributed by atoms with Gasteiger partial charge in [0.25, 0.3) is 0 Å². The summed E-state index contributed by atoms with van der Waals surface area (Å²) in [5.41, 5.74) is -1.54. The maximum Gasteiger partial charge on any atom is 0.176 e. The summed E-state index contributed by atoms with van der Waals surface area (Å²) in [6, 6.07) is 0. The molecular formula is C24H50N4O2. The van der Waals surface area contributed by atoms with Gasteiger partial charge in [-0.25, -0.2) is 0 Å². The van der Waals surface area contributed by atoms with Crippen molar-refractivity contribution in [3.63, 3.8) is 0 Å². The number of unbranched alkanes of at least 4 members (excludes halogenated alkanes) is 1. The van der Waals surface area contributed by atoms with Gasteiger partial charge in [-0.15, -0.1) is 0 Å². The van der Waals surface area contributed by atoms with Crippen LogP contribution in [-0.2, 0) is 9.47 Å². The lowest BCUT2D eigenvalue weighted by atomic mass is 10.0. The molecule has 0 amide bonds. The third-order valence-electron chi connectivity index (χ3n) is 4.06. The van der Waals surface area contributed by atoms with Crippen molar-refractivity contribution in [1.82, 2.24) is 0 Å². The number of hydrogen-bond donors (Lipinski definition) is 0. The first kappa shape index (κ1) is 29.1. The topological polar surface area (TPSA) is 67.9 Å². The first-order valence-corrected chi connectivity index (χ1v) is 11.6. The van der Waals surface area contributed by atoms with Crippen molar-refractivity contribution in [3.8, 4) is 0 Å². The zero-order valence-corrected chi connectivity index (χ0v) is 22.0. The van der Waals surface area contributed by atoms with Crippen LogP contribution in [0.3, 0.4) is 0 Å². The summed E-state index contributed by atoms with van der Waals surface area (Å²) in [4.78, 5) is 0. The number of nitrogens with zero attached hydrogens (tertiary/aromatic N) is 4. The summed E-state index contributed by atoms with van der Waals surface area (Å²) in [5, 5.41) is 18.0. The Hall–Kier alpha value is -0.880. The van der Waals surface area contributed by atoms with Gasteiger partial charge in [-0.2, -0.15) is 20.5 Å². The molecule has 0 aliphatic heterocycles. The van der Waals surface area contributed by atoms with Gasteiger partial charge in [-0.3, -0.25) is 0 Å². The molecule has 0 aromatic carbocycles. The second-order valence-corrected chi connectivity index (χ2v) is 11.7. The van der Waals surface area contributed by atoms with Crippen molar-refractivity contribution in [2.45, 2.75) is 131 Å². The van der Waals surface area contributed by atoms with E-state index < -0.39 is 11.4 Å². The highest BCUT2D eigenvalue weighted by atomic mass is 16.5. The summed E-state index contributed by atoms with van der Waals surface area (Å²) in [7, 11) is 0. The molecule has 0 saturated carbocycles. The highest BCUT2D eigenvalue weighted by Gasteiger charge is 2.28. The van der Waals surface area contributed by atoms with Crippen LogP contribution in [0.4, 0.5) is 0 Å². The van der Waals surface area contributed by atoms with Crippen molar-refractivity contribution < 1.29 is 9.47 Å². The van der Waals surface area contributed by atoms with Crippen molar-refractivity contribution >= 4 is 0 Å². The molecule has 2 atom stereocenters. The molecule has 0 fully saturated rings. The predicted molar refractivity (Wildman–Crippen MR) is 126 cm³/mol. The second kappa shape index (κ2) is 12.2. The number of azo groups is 2. The maximum absolute atomic E-state index is 6.17. The zero-order valence-electron chi connectivity index (χ0n) is 22.0. The van der Waals surface area contributed by atoms with Crippen LogP contribution in [0.2, 0.25) is 0 Å². The fourth-order valence-corrected chi connectivity index (χ4v) is 3.07. The molecule has 0 aliphatic rings. The van der Waals surface area contributed by atoms with E-state index in [1.165, 1.54) is 0 Å². The standard InChI is InChI=1S/C24H50N4O2/c1-19(2)17-23(11,27-25-21(5,6)7)29-15-13-14-16-30-24(12,18-20(3)4)28-26-22(8,9)10/h19-20H,13-18H2,1-12H3. The Morgan fingerprint density at radius 3 is 1.07 bits per heavy atom. The summed E-state index contributed by atoms with van der Waals surface area (Å²) in [6.07, 6.45) is 3.52. The van der Waals surface area contributed by atoms with Crippen LogP contribution in [0, 0.1) is 11.8 Å². The highest BCUT2D eigenvalue weighted by Crippen LogP contribution is 2.27. The summed E-state index contributed by atoms with van der Waals surface area (Å²) in [5.74, 6) is 0.976. The van der Waals surface area contributed by atoms with E-state index in [9.17, 15) is 0 Å². The summed E-state index contributed by atoms with van der Waals surface area (Å²) < 4.78 is 12.3. The molecule has 2 unspecified atom stereocenters. The fourth-order valence-electron chi connectivity index (χ4n) is 3.07. The first-order valence-electron chi connectivity index (χ1n) is 11.6. The number of hydrogen-bond acceptors (Lipinski definition) is 6. The van der Waals surface area contributed by atoms with E-state index in [2.05, 4.69) is 89.7 Å². The van der Waals surface area contributed by atoms with Crippen LogP contribution in [0.15, 0.2) is 20.5 Å². The fraction of sp³-hybridized carbons (Fsp3) is 1.00. The van der Waals surface area contributed by atoms with E-state index in [1.54, 1.807) is 0 Å². The Morgan fingerprint density at radius 1 is 0.533 bits per heavy atom. The molecule has 0 N–H and O–H groups in total. The molecule has 178 valence electrons. The van der Waals surface area contributed by atoms with Gasteiger partial charge in [0.15, 0.2) is 11.4 Å². The van der Waals surface area contributed by atoms with Crippen LogP contribution in [0.25, 0.3) is 0 Å². The monoisotopic (exact) mass is 426 g/mol. The lowest BCUT2D eigenvalue weighted by molar-refractivity contribution is -0.0623. The van der Waals surface area contributed by atoms with Crippen LogP contribution >= 0.6 is 0 Å². The Morgan fingerprint density at radius 2 is 0.833 bits per heavy atom. The van der Waals surface area contributed by atoms with Crippen LogP contribution in [-0.4, -0.2) is 35.7 Å². The molecule has 6 heteroatoms. The molecule has 0 rings (SSSR count). The Bertz CT molecular complexity index is 484. The molecule has 0 heterocycles. The average Bonchev–Trinajstić information content (AvgIpc) is 2.52. The normalized spacial score (nSPS) is 17.9. The predicted octanol–water partition coefficient (Wildman–Crippen LogP) is 7.83. The Kier molecular flexibility index (Phi) is 11.9. The van der Waals surface area contributed by atoms with Gasteiger partial charge >= 0.3 is 0 Å². The minimum Gasteiger partial charge on any atom is -0.352 e. The Balaban J connectivity index is 4.67. The van der Waals surface area contributed by atoms with Crippen molar-refractivity contribution in [1.29, 1.82) is 0 Å². The molecule has 0 aliphatic carbocycles. The van der Waals surface area contributed by atoms with E-state index >= 15 is 0 Å². The third kappa shape index (κ3) is 15.9. The largest absolute Gasteiger partial charge is 0.352 e. The average molecular weight is 427 g/mol. The van der Waals surface area contributed by atoms with Gasteiger partial charge < -0.3 is 9.47 Å². The van der Waals surface area contributed by atoms with Gasteiger partial charge in [0.2, 0.25) is 0 Å². The van der Waals surface area contributed by atoms with E-state index in [0.29, 0.717) is 25.0 Å². The smallest absolute Gasteiger partial charge is 0.176 e. The van der Waals surface area contributed by atoms with Crippen LogP contribution in [0.1, 0.15) is 109 Å². The molecule has 0 radical (unpaired) electrons. The molecule has 0 saturated heterocycles. The van der Waals surface area contributed by atoms with Crippen LogP contribution < -0.4 is 0 Å². The van der Waals surface area contributed by atoms with Gasteiger partial charge in [-0.05, 0) is 80.1 Å². The molecule has 0 bridgehead atoms. The lowest BCUT2D eigenvalue weighted by Crippen LogP contribution is -2.30. The lowest BCUT2D eigenvalue weighted by Gasteiger charge is -2.28. The van der Waals surface area contributed by atoms with E-state index in [0.717, 1.165) is 25.7 Å². The quantitative estimate of drug-likeness (QED) is 0.222. The van der Waals surface area contributed by atoms with Crippen molar-refractivity contribution in [2.24, 2.45) is 32.3 Å². The molecule has 0 aromatic heterocycles. The molecule has 6 nitrogen and oxygen atoms in total. The van der Waals surface area contributed by atoms with Gasteiger partial charge in [0.1, 0.15) is 0 Å². The summed E-state index contributed by atoms with van der Waals surface area (Å²) in [6.45, 7) is 26.4. The number of ether oxygens (including phenoxy) is 2. The van der Waals surface area contributed by atoms with E-state index in [4.69, 9.17) is 9.47 Å². The van der Waals surface area contributed by atoms with Crippen LogP contribution in [0.5, 0.6) is 0 Å². The maximum atomic E-state index is 6.17. The van der Waals surface area contributed by atoms with Gasteiger partial charge in [0.05, 0.1) is 11.1 Å². The van der Waals surface area contributed by atoms with Gasteiger partial charge in [-0.1, -0.05) is 27.7 Å². The van der Waals surface area contributed by atoms with E-state index in [-0.39, 0.29) is 11.1 Å². The second-order valence-electron chi connectivity index (χ2n) is 11.7. The molecular weight excluding hydrogens is 376 g/mol. The molecule has 0 aromatic rings. The minimum absolute atomic E-state index is 0.197. The molecule has 30 heavy (non-hydrogen) atoms. The Labute approximate surface area is 186 Å². The minimum atomic E-state index is -0.574.